The number of fused-ring (bicyclic) bond motifs is 1. The number of phenols is 2. The number of nitrogen functional groups attached to an aromatic ring is 1. The van der Waals surface area contributed by atoms with Gasteiger partial charge in [-0.25, -0.2) is 0 Å². The molecule has 0 fully saturated rings. The van der Waals surface area contributed by atoms with E-state index >= 15 is 0 Å². The Balaban J connectivity index is 2.94. The van der Waals surface area contributed by atoms with E-state index in [0.717, 1.165) is 0 Å². The monoisotopic (exact) mass is 175 g/mol. The van der Waals surface area contributed by atoms with E-state index in [9.17, 15) is 10.2 Å². The van der Waals surface area contributed by atoms with E-state index in [0.29, 0.717) is 16.5 Å². The van der Waals surface area contributed by atoms with Gasteiger partial charge in [-0.2, -0.15) is 0 Å². The molecule has 3 heteroatoms. The van der Waals surface area contributed by atoms with E-state index in [4.69, 9.17) is 5.73 Å². The lowest BCUT2D eigenvalue weighted by molar-refractivity contribution is 0.477. The van der Waals surface area contributed by atoms with E-state index in [2.05, 4.69) is 0 Å². The van der Waals surface area contributed by atoms with E-state index in [1.807, 2.05) is 0 Å². The largest absolute Gasteiger partial charge is 0.507 e. The van der Waals surface area contributed by atoms with Gasteiger partial charge in [0.25, 0.3) is 0 Å². The van der Waals surface area contributed by atoms with Crippen molar-refractivity contribution in [3.63, 3.8) is 0 Å². The third-order valence-electron chi connectivity index (χ3n) is 2.04. The number of hydrogen-bond acceptors (Lipinski definition) is 3. The maximum Gasteiger partial charge on any atom is 0.146 e. The van der Waals surface area contributed by atoms with Crippen LogP contribution in [-0.2, 0) is 0 Å². The number of anilines is 1. The fourth-order valence-corrected chi connectivity index (χ4v) is 1.34. The topological polar surface area (TPSA) is 66.5 Å². The van der Waals surface area contributed by atoms with Crippen molar-refractivity contribution in [2.45, 2.75) is 0 Å². The summed E-state index contributed by atoms with van der Waals surface area (Å²) in [6.45, 7) is 0. The van der Waals surface area contributed by atoms with Crippen LogP contribution in [-0.4, -0.2) is 10.2 Å². The van der Waals surface area contributed by atoms with Crippen molar-refractivity contribution in [3.8, 4) is 11.5 Å². The van der Waals surface area contributed by atoms with Gasteiger partial charge in [-0.3, -0.25) is 0 Å². The second-order valence-electron chi connectivity index (χ2n) is 2.88. The molecular formula is C10H9NO2. The summed E-state index contributed by atoms with van der Waals surface area (Å²) in [5.41, 5.74) is 5.82. The molecule has 2 aromatic rings. The van der Waals surface area contributed by atoms with E-state index in [1.165, 1.54) is 0 Å². The Morgan fingerprint density at radius 2 is 1.69 bits per heavy atom. The molecule has 0 aliphatic carbocycles. The van der Waals surface area contributed by atoms with Crippen molar-refractivity contribution in [2.75, 3.05) is 5.73 Å². The lowest BCUT2D eigenvalue weighted by atomic mass is 10.1. The summed E-state index contributed by atoms with van der Waals surface area (Å²) in [7, 11) is 0. The Morgan fingerprint density at radius 1 is 0.923 bits per heavy atom. The van der Waals surface area contributed by atoms with Gasteiger partial charge >= 0.3 is 0 Å². The number of aromatic hydroxyl groups is 2. The van der Waals surface area contributed by atoms with Crippen LogP contribution in [0.25, 0.3) is 10.8 Å². The highest BCUT2D eigenvalue weighted by molar-refractivity contribution is 5.96. The zero-order chi connectivity index (χ0) is 9.42. The molecule has 0 aliphatic rings. The molecule has 0 saturated heterocycles. The number of nitrogens with two attached hydrogens (primary N) is 1. The second-order valence-corrected chi connectivity index (χ2v) is 2.88. The van der Waals surface area contributed by atoms with Crippen LogP contribution in [0.5, 0.6) is 11.5 Å². The lowest BCUT2D eigenvalue weighted by Gasteiger charge is -2.04. The first-order valence-corrected chi connectivity index (χ1v) is 3.89. The van der Waals surface area contributed by atoms with Crippen molar-refractivity contribution >= 4 is 16.5 Å². The summed E-state index contributed by atoms with van der Waals surface area (Å²) in [4.78, 5) is 0. The van der Waals surface area contributed by atoms with Gasteiger partial charge in [0, 0.05) is 10.8 Å². The molecule has 0 aliphatic heterocycles. The van der Waals surface area contributed by atoms with Crippen LogP contribution < -0.4 is 5.73 Å². The molecule has 0 bridgehead atoms. The standard InChI is InChI=1S/C10H9NO2/c11-8-5-4-6-7(10(8)13)2-1-3-9(6)12/h1-5,12-13H,11H2. The SMILES string of the molecule is Nc1ccc2c(O)cccc2c1O. The Morgan fingerprint density at radius 3 is 2.46 bits per heavy atom. The first-order valence-electron chi connectivity index (χ1n) is 3.89. The van der Waals surface area contributed by atoms with Gasteiger partial charge in [0.1, 0.15) is 11.5 Å². The van der Waals surface area contributed by atoms with Crippen LogP contribution in [0, 0.1) is 0 Å². The minimum Gasteiger partial charge on any atom is -0.507 e. The van der Waals surface area contributed by atoms with E-state index in [1.54, 1.807) is 30.3 Å². The highest BCUT2D eigenvalue weighted by Gasteiger charge is 2.05. The molecular weight excluding hydrogens is 166 g/mol. The van der Waals surface area contributed by atoms with Crippen LogP contribution in [0.3, 0.4) is 0 Å². The second kappa shape index (κ2) is 2.55. The fraction of sp³-hybridized carbons (Fsp3) is 0. The van der Waals surface area contributed by atoms with Crippen molar-refractivity contribution in [3.05, 3.63) is 30.3 Å². The molecule has 66 valence electrons. The molecule has 0 aromatic heterocycles. The Bertz CT molecular complexity index is 466. The fourth-order valence-electron chi connectivity index (χ4n) is 1.34. The Labute approximate surface area is 75.0 Å². The molecule has 0 atom stereocenters. The molecule has 2 aromatic carbocycles. The highest BCUT2D eigenvalue weighted by Crippen LogP contribution is 2.34. The molecule has 0 heterocycles. The molecule has 0 radical (unpaired) electrons. The zero-order valence-electron chi connectivity index (χ0n) is 6.86. The van der Waals surface area contributed by atoms with Crippen molar-refractivity contribution in [2.24, 2.45) is 0 Å². The van der Waals surface area contributed by atoms with Gasteiger partial charge in [0.15, 0.2) is 0 Å². The molecule has 4 N–H and O–H groups in total. The maximum atomic E-state index is 9.55. The summed E-state index contributed by atoms with van der Waals surface area (Å²) in [6, 6.07) is 8.19. The Kier molecular flexibility index (Phi) is 1.52. The molecule has 0 saturated carbocycles. The Hall–Kier alpha value is -1.90. The average Bonchev–Trinajstić information content (AvgIpc) is 2.12. The van der Waals surface area contributed by atoms with Crippen LogP contribution in [0.2, 0.25) is 0 Å². The molecule has 0 spiro atoms. The predicted molar refractivity (Wildman–Crippen MR) is 51.7 cm³/mol. The molecule has 2 rings (SSSR count). The van der Waals surface area contributed by atoms with Gasteiger partial charge in [-0.05, 0) is 18.2 Å². The summed E-state index contributed by atoms with van der Waals surface area (Å²) in [6.07, 6.45) is 0. The van der Waals surface area contributed by atoms with Gasteiger partial charge in [0.05, 0.1) is 5.69 Å². The minimum atomic E-state index is 0.0217. The van der Waals surface area contributed by atoms with Crippen LogP contribution >= 0.6 is 0 Å². The number of hydrogen-bond donors (Lipinski definition) is 3. The van der Waals surface area contributed by atoms with Gasteiger partial charge in [-0.1, -0.05) is 12.1 Å². The normalized spacial score (nSPS) is 10.5. The highest BCUT2D eigenvalue weighted by atomic mass is 16.3. The van der Waals surface area contributed by atoms with Gasteiger partial charge < -0.3 is 15.9 Å². The molecule has 3 nitrogen and oxygen atoms in total. The molecule has 13 heavy (non-hydrogen) atoms. The quantitative estimate of drug-likeness (QED) is 0.422. The third-order valence-corrected chi connectivity index (χ3v) is 2.04. The first kappa shape index (κ1) is 7.73. The number of rotatable bonds is 0. The third kappa shape index (κ3) is 1.05. The minimum absolute atomic E-state index is 0.0217. The van der Waals surface area contributed by atoms with Crippen LogP contribution in [0.1, 0.15) is 0 Å². The van der Waals surface area contributed by atoms with E-state index in [-0.39, 0.29) is 11.5 Å². The summed E-state index contributed by atoms with van der Waals surface area (Å²) < 4.78 is 0. The van der Waals surface area contributed by atoms with Crippen molar-refractivity contribution in [1.82, 2.24) is 0 Å². The van der Waals surface area contributed by atoms with Gasteiger partial charge in [0.2, 0.25) is 0 Å². The number of phenolic OH excluding ortho intramolecular Hbond substituents is 2. The van der Waals surface area contributed by atoms with Crippen LogP contribution in [0.15, 0.2) is 30.3 Å². The van der Waals surface area contributed by atoms with Crippen LogP contribution in [0.4, 0.5) is 5.69 Å². The van der Waals surface area contributed by atoms with Crippen molar-refractivity contribution < 1.29 is 10.2 Å². The molecule has 0 amide bonds. The van der Waals surface area contributed by atoms with Gasteiger partial charge in [-0.15, -0.1) is 0 Å². The predicted octanol–water partition coefficient (Wildman–Crippen LogP) is 1.83. The maximum absolute atomic E-state index is 9.55. The van der Waals surface area contributed by atoms with Crippen molar-refractivity contribution in [1.29, 1.82) is 0 Å². The van der Waals surface area contributed by atoms with E-state index < -0.39 is 0 Å². The smallest absolute Gasteiger partial charge is 0.146 e. The average molecular weight is 175 g/mol. The summed E-state index contributed by atoms with van der Waals surface area (Å²) in [5.74, 6) is 0.168. The first-order chi connectivity index (χ1) is 6.20. The summed E-state index contributed by atoms with van der Waals surface area (Å²) in [5, 5.41) is 20.2. The zero-order valence-corrected chi connectivity index (χ0v) is 6.86. The lowest BCUT2D eigenvalue weighted by Crippen LogP contribution is -1.85. The number of benzene rings is 2. The summed E-state index contributed by atoms with van der Waals surface area (Å²) >= 11 is 0. The molecule has 0 unspecified atom stereocenters.